The zero-order valence-electron chi connectivity index (χ0n) is 9.38. The normalized spacial score (nSPS) is 11.5. The number of carbonyl (C=O) groups excluding carboxylic acids is 1. The topological polar surface area (TPSA) is 38.3 Å². The molecule has 0 aliphatic heterocycles. The molecule has 0 fully saturated rings. The van der Waals surface area contributed by atoms with Crippen molar-refractivity contribution in [2.45, 2.75) is 20.0 Å². The second-order valence-corrected chi connectivity index (χ2v) is 3.78. The Morgan fingerprint density at radius 3 is 2.82 bits per heavy atom. The molecule has 0 aliphatic rings. The van der Waals surface area contributed by atoms with Crippen molar-refractivity contribution in [2.75, 3.05) is 5.32 Å². The van der Waals surface area contributed by atoms with Gasteiger partial charge >= 0.3 is 0 Å². The highest BCUT2D eigenvalue weighted by Gasteiger charge is 2.12. The van der Waals surface area contributed by atoms with Gasteiger partial charge < -0.3 is 10.1 Å². The second-order valence-electron chi connectivity index (χ2n) is 3.37. The Bertz CT molecular complexity index is 482. The lowest BCUT2D eigenvalue weighted by Crippen LogP contribution is -2.11. The molecule has 0 spiro atoms. The summed E-state index contributed by atoms with van der Waals surface area (Å²) in [5.41, 5.74) is 0.00104. The van der Waals surface area contributed by atoms with Gasteiger partial charge in [-0.15, -0.1) is 6.42 Å². The van der Waals surface area contributed by atoms with E-state index in [0.717, 1.165) is 6.07 Å². The summed E-state index contributed by atoms with van der Waals surface area (Å²) in [4.78, 5) is 10.9. The molecule has 5 heteroatoms. The van der Waals surface area contributed by atoms with E-state index in [4.69, 9.17) is 22.8 Å². The minimum Gasteiger partial charge on any atom is -0.476 e. The van der Waals surface area contributed by atoms with Crippen LogP contribution in [-0.2, 0) is 4.79 Å². The van der Waals surface area contributed by atoms with E-state index >= 15 is 0 Å². The van der Waals surface area contributed by atoms with Crippen LogP contribution in [0.2, 0.25) is 5.02 Å². The number of amides is 1. The number of hydrogen-bond donors (Lipinski definition) is 1. The molecule has 90 valence electrons. The second kappa shape index (κ2) is 5.55. The third-order valence-corrected chi connectivity index (χ3v) is 2.17. The molecule has 1 aromatic rings. The van der Waals surface area contributed by atoms with E-state index in [1.807, 2.05) is 0 Å². The van der Waals surface area contributed by atoms with Crippen LogP contribution >= 0.6 is 11.6 Å². The fraction of sp³-hybridized carbons (Fsp3) is 0.250. The molecule has 1 aromatic carbocycles. The zero-order valence-corrected chi connectivity index (χ0v) is 10.1. The van der Waals surface area contributed by atoms with Crippen molar-refractivity contribution < 1.29 is 13.9 Å². The third-order valence-electron chi connectivity index (χ3n) is 1.87. The number of halogens is 2. The molecular weight excluding hydrogens is 245 g/mol. The Morgan fingerprint density at radius 2 is 2.29 bits per heavy atom. The molecule has 0 saturated heterocycles. The van der Waals surface area contributed by atoms with Crippen LogP contribution in [0.4, 0.5) is 10.1 Å². The van der Waals surface area contributed by atoms with Crippen molar-refractivity contribution >= 4 is 23.2 Å². The molecule has 3 nitrogen and oxygen atoms in total. The van der Waals surface area contributed by atoms with Crippen LogP contribution in [0.5, 0.6) is 5.75 Å². The van der Waals surface area contributed by atoms with Gasteiger partial charge in [0.2, 0.25) is 5.91 Å². The fourth-order valence-corrected chi connectivity index (χ4v) is 1.32. The Balaban J connectivity index is 3.06. The number of nitrogens with one attached hydrogen (secondary N) is 1. The van der Waals surface area contributed by atoms with Crippen LogP contribution in [0, 0.1) is 18.2 Å². The van der Waals surface area contributed by atoms with Crippen molar-refractivity contribution in [3.63, 3.8) is 0 Å². The smallest absolute Gasteiger partial charge is 0.221 e. The number of anilines is 1. The van der Waals surface area contributed by atoms with E-state index in [1.54, 1.807) is 6.92 Å². The standard InChI is InChI=1S/C12H11ClFNO2/c1-4-7(2)17-12-6-11(15-8(3)16)10(14)5-9(12)13/h1,5-7H,2-3H3,(H,15,16). The van der Waals surface area contributed by atoms with Gasteiger partial charge in [0.05, 0.1) is 10.7 Å². The average molecular weight is 256 g/mol. The SMILES string of the molecule is C#CC(C)Oc1cc(NC(C)=O)c(F)cc1Cl. The van der Waals surface area contributed by atoms with Gasteiger partial charge in [-0.05, 0) is 13.0 Å². The summed E-state index contributed by atoms with van der Waals surface area (Å²) in [5.74, 6) is 1.56. The van der Waals surface area contributed by atoms with Crippen molar-refractivity contribution in [1.29, 1.82) is 0 Å². The molecule has 1 rings (SSSR count). The van der Waals surface area contributed by atoms with Crippen LogP contribution in [0.1, 0.15) is 13.8 Å². The van der Waals surface area contributed by atoms with Gasteiger partial charge in [-0.25, -0.2) is 4.39 Å². The molecule has 1 unspecified atom stereocenters. The molecule has 1 atom stereocenters. The summed E-state index contributed by atoms with van der Waals surface area (Å²) in [6.45, 7) is 2.93. The molecule has 1 N–H and O–H groups in total. The van der Waals surface area contributed by atoms with Crippen molar-refractivity contribution in [1.82, 2.24) is 0 Å². The Morgan fingerprint density at radius 1 is 1.65 bits per heavy atom. The number of terminal acetylenes is 1. The molecule has 17 heavy (non-hydrogen) atoms. The minimum absolute atomic E-state index is 0.00104. The minimum atomic E-state index is -0.633. The van der Waals surface area contributed by atoms with Crippen molar-refractivity contribution in [3.8, 4) is 18.1 Å². The summed E-state index contributed by atoms with van der Waals surface area (Å²) < 4.78 is 18.7. The fourth-order valence-electron chi connectivity index (χ4n) is 1.13. The molecule has 0 radical (unpaired) electrons. The van der Waals surface area contributed by atoms with Crippen LogP contribution < -0.4 is 10.1 Å². The van der Waals surface area contributed by atoms with Gasteiger partial charge in [0.1, 0.15) is 11.6 Å². The lowest BCUT2D eigenvalue weighted by Gasteiger charge is -2.13. The Labute approximate surface area is 104 Å². The van der Waals surface area contributed by atoms with Crippen LogP contribution in [0.25, 0.3) is 0 Å². The van der Waals surface area contributed by atoms with Gasteiger partial charge in [-0.2, -0.15) is 0 Å². The Hall–Kier alpha value is -1.73. The number of rotatable bonds is 3. The lowest BCUT2D eigenvalue weighted by molar-refractivity contribution is -0.114. The van der Waals surface area contributed by atoms with Gasteiger partial charge in [-0.3, -0.25) is 4.79 Å². The number of hydrogen-bond acceptors (Lipinski definition) is 2. The summed E-state index contributed by atoms with van der Waals surface area (Å²) in [6, 6.07) is 2.36. The first-order valence-electron chi connectivity index (χ1n) is 4.83. The van der Waals surface area contributed by atoms with E-state index in [-0.39, 0.29) is 22.4 Å². The number of benzene rings is 1. The molecular formula is C12H11ClFNO2. The first-order valence-corrected chi connectivity index (χ1v) is 5.21. The molecule has 0 saturated carbocycles. The van der Waals surface area contributed by atoms with Crippen LogP contribution in [0.3, 0.4) is 0 Å². The first-order chi connectivity index (χ1) is 7.93. The van der Waals surface area contributed by atoms with Gasteiger partial charge in [0, 0.05) is 13.0 Å². The zero-order chi connectivity index (χ0) is 13.0. The highest BCUT2D eigenvalue weighted by molar-refractivity contribution is 6.32. The summed E-state index contributed by atoms with van der Waals surface area (Å²) in [6.07, 6.45) is 4.66. The molecule has 0 bridgehead atoms. The monoisotopic (exact) mass is 255 g/mol. The lowest BCUT2D eigenvalue weighted by atomic mass is 10.2. The summed E-state index contributed by atoms with van der Waals surface area (Å²) in [7, 11) is 0. The van der Waals surface area contributed by atoms with Gasteiger partial charge in [0.25, 0.3) is 0 Å². The van der Waals surface area contributed by atoms with E-state index in [2.05, 4.69) is 11.2 Å². The molecule has 0 aliphatic carbocycles. The molecule has 1 amide bonds. The Kier molecular flexibility index (Phi) is 4.36. The molecule has 0 heterocycles. The predicted octanol–water partition coefficient (Wildman–Crippen LogP) is 2.84. The van der Waals surface area contributed by atoms with E-state index < -0.39 is 11.9 Å². The quantitative estimate of drug-likeness (QED) is 0.844. The first kappa shape index (κ1) is 13.3. The van der Waals surface area contributed by atoms with Crippen LogP contribution in [-0.4, -0.2) is 12.0 Å². The largest absolute Gasteiger partial charge is 0.476 e. The van der Waals surface area contributed by atoms with Gasteiger partial charge in [-0.1, -0.05) is 17.5 Å². The predicted molar refractivity (Wildman–Crippen MR) is 64.6 cm³/mol. The van der Waals surface area contributed by atoms with Crippen molar-refractivity contribution in [3.05, 3.63) is 23.0 Å². The maximum atomic E-state index is 13.4. The highest BCUT2D eigenvalue weighted by atomic mass is 35.5. The van der Waals surface area contributed by atoms with Gasteiger partial charge in [0.15, 0.2) is 6.10 Å². The van der Waals surface area contributed by atoms with E-state index in [9.17, 15) is 9.18 Å². The maximum absolute atomic E-state index is 13.4. The average Bonchev–Trinajstić information content (AvgIpc) is 2.24. The van der Waals surface area contributed by atoms with Crippen molar-refractivity contribution in [2.24, 2.45) is 0 Å². The number of carbonyl (C=O) groups is 1. The maximum Gasteiger partial charge on any atom is 0.221 e. The summed E-state index contributed by atoms with van der Waals surface area (Å²) in [5, 5.41) is 2.42. The molecule has 0 aromatic heterocycles. The number of ether oxygens (including phenoxy) is 1. The van der Waals surface area contributed by atoms with E-state index in [0.29, 0.717) is 0 Å². The van der Waals surface area contributed by atoms with Crippen LogP contribution in [0.15, 0.2) is 12.1 Å². The van der Waals surface area contributed by atoms with E-state index in [1.165, 1.54) is 13.0 Å². The summed E-state index contributed by atoms with van der Waals surface area (Å²) >= 11 is 5.79. The highest BCUT2D eigenvalue weighted by Crippen LogP contribution is 2.31. The third kappa shape index (κ3) is 3.65.